The molecule has 1 heteroatoms. The molecule has 1 unspecified atom stereocenters. The van der Waals surface area contributed by atoms with Gasteiger partial charge in [-0.25, -0.2) is 0 Å². The van der Waals surface area contributed by atoms with Crippen LogP contribution in [-0.2, 0) is 4.79 Å². The molecule has 0 aliphatic rings. The minimum Gasteiger partial charge on any atom is -0.298 e. The van der Waals surface area contributed by atoms with Crippen molar-refractivity contribution in [2.75, 3.05) is 0 Å². The van der Waals surface area contributed by atoms with Gasteiger partial charge in [-0.1, -0.05) is 42.0 Å². The molecular weight excluding hydrogens is 220 g/mol. The van der Waals surface area contributed by atoms with Crippen LogP contribution in [0.3, 0.4) is 0 Å². The highest BCUT2D eigenvalue weighted by atomic mass is 16.1. The van der Waals surface area contributed by atoms with Gasteiger partial charge < -0.3 is 0 Å². The topological polar surface area (TPSA) is 17.1 Å². The van der Waals surface area contributed by atoms with Crippen LogP contribution in [0.15, 0.2) is 47.6 Å². The maximum absolute atomic E-state index is 10.8. The Morgan fingerprint density at radius 3 is 2.44 bits per heavy atom. The Labute approximate surface area is 110 Å². The number of aryl methyl sites for hydroxylation is 1. The SMILES string of the molecule is CC(C)=CCC(/C=C(\C)C=O)c1ccccc1C. The smallest absolute Gasteiger partial charge is 0.145 e. The molecule has 1 aromatic carbocycles. The third-order valence-corrected chi connectivity index (χ3v) is 3.02. The zero-order valence-electron chi connectivity index (χ0n) is 11.7. The molecule has 0 heterocycles. The van der Waals surface area contributed by atoms with Crippen molar-refractivity contribution in [1.29, 1.82) is 0 Å². The van der Waals surface area contributed by atoms with E-state index in [1.165, 1.54) is 16.7 Å². The Bertz CT molecular complexity index is 462. The number of allylic oxidation sites excluding steroid dienone is 4. The van der Waals surface area contributed by atoms with Crippen LogP contribution in [0.1, 0.15) is 44.2 Å². The summed E-state index contributed by atoms with van der Waals surface area (Å²) in [4.78, 5) is 10.8. The third kappa shape index (κ3) is 4.33. The number of benzene rings is 1. The molecule has 1 rings (SSSR count). The van der Waals surface area contributed by atoms with Crippen LogP contribution < -0.4 is 0 Å². The Morgan fingerprint density at radius 1 is 1.22 bits per heavy atom. The van der Waals surface area contributed by atoms with Crippen LogP contribution in [0.25, 0.3) is 0 Å². The monoisotopic (exact) mass is 242 g/mol. The molecule has 0 spiro atoms. The highest BCUT2D eigenvalue weighted by Gasteiger charge is 2.10. The van der Waals surface area contributed by atoms with Crippen molar-refractivity contribution >= 4 is 6.29 Å². The molecular formula is C17H22O. The molecule has 0 fully saturated rings. The van der Waals surface area contributed by atoms with Crippen molar-refractivity contribution < 1.29 is 4.79 Å². The van der Waals surface area contributed by atoms with Crippen molar-refractivity contribution in [3.63, 3.8) is 0 Å². The van der Waals surface area contributed by atoms with Crippen LogP contribution in [0, 0.1) is 6.92 Å². The van der Waals surface area contributed by atoms with Gasteiger partial charge in [0.15, 0.2) is 0 Å². The van der Waals surface area contributed by atoms with Crippen LogP contribution in [-0.4, -0.2) is 6.29 Å². The first-order valence-electron chi connectivity index (χ1n) is 6.37. The van der Waals surface area contributed by atoms with Gasteiger partial charge in [-0.15, -0.1) is 0 Å². The summed E-state index contributed by atoms with van der Waals surface area (Å²) in [5.41, 5.74) is 4.69. The predicted octanol–water partition coefficient (Wildman–Crippen LogP) is 4.58. The van der Waals surface area contributed by atoms with Gasteiger partial charge in [0, 0.05) is 5.92 Å². The number of rotatable bonds is 5. The molecule has 0 saturated carbocycles. The lowest BCUT2D eigenvalue weighted by atomic mass is 9.90. The van der Waals surface area contributed by atoms with Crippen LogP contribution in [0.4, 0.5) is 0 Å². The average Bonchev–Trinajstić information content (AvgIpc) is 2.34. The molecule has 1 atom stereocenters. The number of hydrogen-bond donors (Lipinski definition) is 0. The lowest BCUT2D eigenvalue weighted by Crippen LogP contribution is -1.99. The van der Waals surface area contributed by atoms with Crippen molar-refractivity contribution in [1.82, 2.24) is 0 Å². The summed E-state index contributed by atoms with van der Waals surface area (Å²) in [6.07, 6.45) is 6.16. The molecule has 0 aliphatic heterocycles. The zero-order valence-corrected chi connectivity index (χ0v) is 11.7. The van der Waals surface area contributed by atoms with Crippen molar-refractivity contribution in [3.8, 4) is 0 Å². The second-order valence-electron chi connectivity index (χ2n) is 5.01. The molecule has 0 aliphatic carbocycles. The van der Waals surface area contributed by atoms with Gasteiger partial charge in [-0.05, 0) is 50.8 Å². The maximum atomic E-state index is 10.8. The molecule has 96 valence electrons. The lowest BCUT2D eigenvalue weighted by Gasteiger charge is -2.15. The van der Waals surface area contributed by atoms with Gasteiger partial charge in [0.25, 0.3) is 0 Å². The summed E-state index contributed by atoms with van der Waals surface area (Å²) >= 11 is 0. The molecule has 0 amide bonds. The molecule has 0 radical (unpaired) electrons. The van der Waals surface area contributed by atoms with E-state index >= 15 is 0 Å². The van der Waals surface area contributed by atoms with E-state index in [1.807, 2.05) is 13.0 Å². The molecule has 0 saturated heterocycles. The predicted molar refractivity (Wildman–Crippen MR) is 77.8 cm³/mol. The fourth-order valence-corrected chi connectivity index (χ4v) is 2.01. The van der Waals surface area contributed by atoms with Crippen molar-refractivity contribution in [2.45, 2.75) is 40.0 Å². The highest BCUT2D eigenvalue weighted by molar-refractivity contribution is 5.72. The first-order valence-corrected chi connectivity index (χ1v) is 6.37. The molecule has 18 heavy (non-hydrogen) atoms. The Balaban J connectivity index is 3.08. The fourth-order valence-electron chi connectivity index (χ4n) is 2.01. The summed E-state index contributed by atoms with van der Waals surface area (Å²) in [6, 6.07) is 8.37. The third-order valence-electron chi connectivity index (χ3n) is 3.02. The van der Waals surface area contributed by atoms with Crippen molar-refractivity contribution in [2.24, 2.45) is 0 Å². The number of hydrogen-bond acceptors (Lipinski definition) is 1. The van der Waals surface area contributed by atoms with E-state index in [2.05, 4.69) is 51.1 Å². The first-order chi connectivity index (χ1) is 8.54. The van der Waals surface area contributed by atoms with E-state index in [0.717, 1.165) is 18.3 Å². The van der Waals surface area contributed by atoms with Crippen LogP contribution in [0.5, 0.6) is 0 Å². The standard InChI is InChI=1S/C17H22O/c1-13(2)9-10-16(11-14(3)12-18)17-8-6-5-7-15(17)4/h5-9,11-12,16H,10H2,1-4H3/b14-11+. The number of carbonyl (C=O) groups is 1. The van der Waals surface area contributed by atoms with Gasteiger partial charge >= 0.3 is 0 Å². The molecule has 0 bridgehead atoms. The first kappa shape index (κ1) is 14.4. The minimum atomic E-state index is 0.284. The summed E-state index contributed by atoms with van der Waals surface area (Å²) in [6.45, 7) is 8.19. The van der Waals surface area contributed by atoms with Crippen molar-refractivity contribution in [3.05, 3.63) is 58.7 Å². The quantitative estimate of drug-likeness (QED) is 0.419. The van der Waals surface area contributed by atoms with Crippen LogP contribution >= 0.6 is 0 Å². The molecule has 1 aromatic rings. The minimum absolute atomic E-state index is 0.284. The normalized spacial score (nSPS) is 13.0. The van der Waals surface area contributed by atoms with E-state index in [1.54, 1.807) is 0 Å². The largest absolute Gasteiger partial charge is 0.298 e. The van der Waals surface area contributed by atoms with E-state index in [-0.39, 0.29) is 5.92 Å². The highest BCUT2D eigenvalue weighted by Crippen LogP contribution is 2.26. The summed E-state index contributed by atoms with van der Waals surface area (Å²) in [5.74, 6) is 0.284. The van der Waals surface area contributed by atoms with Gasteiger partial charge in [0.2, 0.25) is 0 Å². The van der Waals surface area contributed by atoms with E-state index in [9.17, 15) is 4.79 Å². The lowest BCUT2D eigenvalue weighted by molar-refractivity contribution is -0.104. The Kier molecular flexibility index (Phi) is 5.57. The summed E-state index contributed by atoms with van der Waals surface area (Å²) in [5, 5.41) is 0. The van der Waals surface area contributed by atoms with Gasteiger partial charge in [-0.3, -0.25) is 4.79 Å². The Hall–Kier alpha value is -1.63. The molecule has 1 nitrogen and oxygen atoms in total. The zero-order chi connectivity index (χ0) is 13.5. The number of carbonyl (C=O) groups excluding carboxylic acids is 1. The van der Waals surface area contributed by atoms with Gasteiger partial charge in [0.1, 0.15) is 6.29 Å². The second-order valence-corrected chi connectivity index (χ2v) is 5.01. The van der Waals surface area contributed by atoms with E-state index in [4.69, 9.17) is 0 Å². The second kappa shape index (κ2) is 6.95. The molecule has 0 aromatic heterocycles. The maximum Gasteiger partial charge on any atom is 0.145 e. The van der Waals surface area contributed by atoms with Gasteiger partial charge in [0.05, 0.1) is 0 Å². The van der Waals surface area contributed by atoms with E-state index in [0.29, 0.717) is 0 Å². The Morgan fingerprint density at radius 2 is 1.89 bits per heavy atom. The van der Waals surface area contributed by atoms with E-state index < -0.39 is 0 Å². The molecule has 0 N–H and O–H groups in total. The summed E-state index contributed by atoms with van der Waals surface area (Å²) in [7, 11) is 0. The fraction of sp³-hybridized carbons (Fsp3) is 0.353. The average molecular weight is 242 g/mol. The summed E-state index contributed by atoms with van der Waals surface area (Å²) < 4.78 is 0. The van der Waals surface area contributed by atoms with Gasteiger partial charge in [-0.2, -0.15) is 0 Å². The number of aldehydes is 1. The van der Waals surface area contributed by atoms with Crippen LogP contribution in [0.2, 0.25) is 0 Å².